The highest BCUT2D eigenvalue weighted by molar-refractivity contribution is 5.79. The Bertz CT molecular complexity index is 470. The number of ether oxygens (including phenoxy) is 1. The van der Waals surface area contributed by atoms with Gasteiger partial charge in [0, 0.05) is 13.1 Å². The van der Waals surface area contributed by atoms with Crippen molar-refractivity contribution in [3.05, 3.63) is 23.8 Å². The highest BCUT2D eigenvalue weighted by atomic mass is 16.5. The summed E-state index contributed by atoms with van der Waals surface area (Å²) in [6, 6.07) is 5.35. The Kier molecular flexibility index (Phi) is 5.09. The van der Waals surface area contributed by atoms with Crippen LogP contribution >= 0.6 is 0 Å². The molecule has 20 heavy (non-hydrogen) atoms. The van der Waals surface area contributed by atoms with Gasteiger partial charge in [-0.1, -0.05) is 6.07 Å². The van der Waals surface area contributed by atoms with Crippen LogP contribution in [0.5, 0.6) is 11.5 Å². The Morgan fingerprint density at radius 2 is 2.20 bits per heavy atom. The fourth-order valence-electron chi connectivity index (χ4n) is 1.91. The Morgan fingerprint density at radius 1 is 1.40 bits per heavy atom. The van der Waals surface area contributed by atoms with Crippen LogP contribution in [0.25, 0.3) is 0 Å². The molecule has 5 heteroatoms. The van der Waals surface area contributed by atoms with Gasteiger partial charge in [0.1, 0.15) is 0 Å². The molecule has 0 aromatic heterocycles. The summed E-state index contributed by atoms with van der Waals surface area (Å²) in [5, 5.41) is 16.3. The SMILES string of the molecule is CCNC(=NCc1ccc(OC)c(O)c1)NCC1CC1. The van der Waals surface area contributed by atoms with Gasteiger partial charge in [-0.2, -0.15) is 0 Å². The zero-order chi connectivity index (χ0) is 14.4. The van der Waals surface area contributed by atoms with Crippen LogP contribution in [0.15, 0.2) is 23.2 Å². The topological polar surface area (TPSA) is 65.9 Å². The van der Waals surface area contributed by atoms with Gasteiger partial charge < -0.3 is 20.5 Å². The smallest absolute Gasteiger partial charge is 0.191 e. The summed E-state index contributed by atoms with van der Waals surface area (Å²) in [6.45, 7) is 4.40. The van der Waals surface area contributed by atoms with E-state index in [2.05, 4.69) is 15.6 Å². The van der Waals surface area contributed by atoms with E-state index in [0.717, 1.165) is 30.5 Å². The third kappa shape index (κ3) is 4.33. The molecule has 2 rings (SSSR count). The molecule has 1 aliphatic rings. The normalized spacial score (nSPS) is 15.0. The van der Waals surface area contributed by atoms with E-state index in [1.165, 1.54) is 20.0 Å². The molecule has 0 spiro atoms. The van der Waals surface area contributed by atoms with Gasteiger partial charge in [-0.3, -0.25) is 0 Å². The third-order valence-corrected chi connectivity index (χ3v) is 3.26. The monoisotopic (exact) mass is 277 g/mol. The summed E-state index contributed by atoms with van der Waals surface area (Å²) in [6.07, 6.45) is 2.64. The van der Waals surface area contributed by atoms with E-state index in [1.807, 2.05) is 13.0 Å². The molecule has 0 unspecified atom stereocenters. The lowest BCUT2D eigenvalue weighted by molar-refractivity contribution is 0.373. The lowest BCUT2D eigenvalue weighted by Gasteiger charge is -2.11. The number of aliphatic imine (C=N–C) groups is 1. The standard InChI is InChI=1S/C15H23N3O2/c1-3-16-15(17-9-11-4-5-11)18-10-12-6-7-14(20-2)13(19)8-12/h6-8,11,19H,3-5,9-10H2,1-2H3,(H2,16,17,18). The molecule has 1 aromatic carbocycles. The van der Waals surface area contributed by atoms with E-state index in [4.69, 9.17) is 4.74 Å². The van der Waals surface area contributed by atoms with Crippen LogP contribution in [0.3, 0.4) is 0 Å². The maximum Gasteiger partial charge on any atom is 0.191 e. The van der Waals surface area contributed by atoms with E-state index in [9.17, 15) is 5.11 Å². The number of nitrogens with one attached hydrogen (secondary N) is 2. The van der Waals surface area contributed by atoms with E-state index in [1.54, 1.807) is 12.1 Å². The number of rotatable bonds is 6. The predicted molar refractivity (Wildman–Crippen MR) is 80.2 cm³/mol. The van der Waals surface area contributed by atoms with Crippen molar-refractivity contribution in [2.45, 2.75) is 26.3 Å². The molecular formula is C15H23N3O2. The maximum absolute atomic E-state index is 9.74. The molecular weight excluding hydrogens is 254 g/mol. The quantitative estimate of drug-likeness (QED) is 0.548. The first-order valence-corrected chi connectivity index (χ1v) is 7.11. The number of methoxy groups -OCH3 is 1. The van der Waals surface area contributed by atoms with Crippen LogP contribution in [0.2, 0.25) is 0 Å². The molecule has 110 valence electrons. The average molecular weight is 277 g/mol. The Balaban J connectivity index is 1.94. The van der Waals surface area contributed by atoms with Crippen molar-refractivity contribution < 1.29 is 9.84 Å². The van der Waals surface area contributed by atoms with Crippen molar-refractivity contribution in [1.82, 2.24) is 10.6 Å². The molecule has 0 radical (unpaired) electrons. The van der Waals surface area contributed by atoms with Gasteiger partial charge in [-0.05, 0) is 43.4 Å². The molecule has 1 saturated carbocycles. The highest BCUT2D eigenvalue weighted by Gasteiger charge is 2.20. The molecule has 5 nitrogen and oxygen atoms in total. The van der Waals surface area contributed by atoms with Gasteiger partial charge in [0.2, 0.25) is 0 Å². The van der Waals surface area contributed by atoms with Gasteiger partial charge in [-0.15, -0.1) is 0 Å². The van der Waals surface area contributed by atoms with E-state index in [0.29, 0.717) is 12.3 Å². The first kappa shape index (κ1) is 14.5. The fourth-order valence-corrected chi connectivity index (χ4v) is 1.91. The van der Waals surface area contributed by atoms with Crippen molar-refractivity contribution >= 4 is 5.96 Å². The third-order valence-electron chi connectivity index (χ3n) is 3.26. The van der Waals surface area contributed by atoms with Crippen LogP contribution in [0.1, 0.15) is 25.3 Å². The first-order chi connectivity index (χ1) is 9.72. The van der Waals surface area contributed by atoms with Gasteiger partial charge in [0.25, 0.3) is 0 Å². The van der Waals surface area contributed by atoms with Crippen molar-refractivity contribution in [1.29, 1.82) is 0 Å². The number of benzene rings is 1. The lowest BCUT2D eigenvalue weighted by Crippen LogP contribution is -2.38. The minimum atomic E-state index is 0.149. The van der Waals surface area contributed by atoms with Crippen LogP contribution in [-0.2, 0) is 6.54 Å². The zero-order valence-electron chi connectivity index (χ0n) is 12.1. The molecule has 1 fully saturated rings. The second kappa shape index (κ2) is 7.03. The lowest BCUT2D eigenvalue weighted by atomic mass is 10.2. The van der Waals surface area contributed by atoms with E-state index in [-0.39, 0.29) is 5.75 Å². The number of aromatic hydroxyl groups is 1. The van der Waals surface area contributed by atoms with Crippen LogP contribution in [0.4, 0.5) is 0 Å². The minimum absolute atomic E-state index is 0.149. The van der Waals surface area contributed by atoms with Gasteiger partial charge in [0.05, 0.1) is 13.7 Å². The molecule has 1 aromatic rings. The molecule has 0 saturated heterocycles. The predicted octanol–water partition coefficient (Wildman–Crippen LogP) is 1.87. The molecule has 0 heterocycles. The van der Waals surface area contributed by atoms with Crippen molar-refractivity contribution in [3.63, 3.8) is 0 Å². The second-order valence-corrected chi connectivity index (χ2v) is 5.03. The highest BCUT2D eigenvalue weighted by Crippen LogP contribution is 2.27. The average Bonchev–Trinajstić information content (AvgIpc) is 3.26. The Hall–Kier alpha value is -1.91. The maximum atomic E-state index is 9.74. The Labute approximate surface area is 120 Å². The number of nitrogens with zero attached hydrogens (tertiary/aromatic N) is 1. The summed E-state index contributed by atoms with van der Waals surface area (Å²) in [4.78, 5) is 4.52. The fraction of sp³-hybridized carbons (Fsp3) is 0.533. The zero-order valence-corrected chi connectivity index (χ0v) is 12.1. The number of hydrogen-bond donors (Lipinski definition) is 3. The molecule has 0 bridgehead atoms. The van der Waals surface area contributed by atoms with Gasteiger partial charge in [0.15, 0.2) is 17.5 Å². The minimum Gasteiger partial charge on any atom is -0.504 e. The molecule has 0 atom stereocenters. The number of phenols is 1. The molecule has 0 amide bonds. The van der Waals surface area contributed by atoms with Crippen molar-refractivity contribution in [2.75, 3.05) is 20.2 Å². The molecule has 0 aliphatic heterocycles. The molecule has 3 N–H and O–H groups in total. The van der Waals surface area contributed by atoms with Crippen LogP contribution in [-0.4, -0.2) is 31.3 Å². The summed E-state index contributed by atoms with van der Waals surface area (Å²) < 4.78 is 5.03. The van der Waals surface area contributed by atoms with E-state index < -0.39 is 0 Å². The van der Waals surface area contributed by atoms with E-state index >= 15 is 0 Å². The summed E-state index contributed by atoms with van der Waals surface area (Å²) in [5.41, 5.74) is 0.951. The van der Waals surface area contributed by atoms with Gasteiger partial charge >= 0.3 is 0 Å². The number of phenolic OH excluding ortho intramolecular Hbond substituents is 1. The van der Waals surface area contributed by atoms with Crippen molar-refractivity contribution in [3.8, 4) is 11.5 Å². The van der Waals surface area contributed by atoms with Crippen LogP contribution < -0.4 is 15.4 Å². The molecule has 1 aliphatic carbocycles. The largest absolute Gasteiger partial charge is 0.504 e. The van der Waals surface area contributed by atoms with Crippen molar-refractivity contribution in [2.24, 2.45) is 10.9 Å². The number of guanidine groups is 1. The first-order valence-electron chi connectivity index (χ1n) is 7.11. The van der Waals surface area contributed by atoms with Crippen LogP contribution in [0, 0.1) is 5.92 Å². The van der Waals surface area contributed by atoms with Gasteiger partial charge in [-0.25, -0.2) is 4.99 Å². The summed E-state index contributed by atoms with van der Waals surface area (Å²) in [5.74, 6) is 2.27. The number of hydrogen-bond acceptors (Lipinski definition) is 3. The Morgan fingerprint density at radius 3 is 2.80 bits per heavy atom. The summed E-state index contributed by atoms with van der Waals surface area (Å²) >= 11 is 0. The second-order valence-electron chi connectivity index (χ2n) is 5.03. The summed E-state index contributed by atoms with van der Waals surface area (Å²) in [7, 11) is 1.54.